The summed E-state index contributed by atoms with van der Waals surface area (Å²) in [6, 6.07) is 0. The minimum atomic E-state index is -0.565. The predicted molar refractivity (Wildman–Crippen MR) is 41.1 cm³/mol. The first-order valence-electron chi connectivity index (χ1n) is 4.43. The zero-order valence-electron chi connectivity index (χ0n) is 6.79. The van der Waals surface area contributed by atoms with Crippen LogP contribution < -0.4 is 0 Å². The molecule has 2 bridgehead atoms. The van der Waals surface area contributed by atoms with Gasteiger partial charge in [0.05, 0.1) is 5.92 Å². The van der Waals surface area contributed by atoms with Crippen molar-refractivity contribution in [3.05, 3.63) is 0 Å². The number of carbonyl (C=O) groups is 1. The second-order valence-electron chi connectivity index (χ2n) is 4.06. The van der Waals surface area contributed by atoms with E-state index in [2.05, 4.69) is 6.92 Å². The van der Waals surface area contributed by atoms with E-state index >= 15 is 0 Å². The lowest BCUT2D eigenvalue weighted by Crippen LogP contribution is -2.27. The van der Waals surface area contributed by atoms with Crippen LogP contribution in [0.25, 0.3) is 0 Å². The Hall–Kier alpha value is -0.530. The topological polar surface area (TPSA) is 37.3 Å². The molecule has 2 fully saturated rings. The predicted octanol–water partition coefficient (Wildman–Crippen LogP) is 1.75. The third kappa shape index (κ3) is 0.883. The zero-order chi connectivity index (χ0) is 8.01. The highest BCUT2D eigenvalue weighted by Gasteiger charge is 2.48. The normalized spacial score (nSPS) is 48.1. The zero-order valence-corrected chi connectivity index (χ0v) is 6.79. The Balaban J connectivity index is 2.17. The molecule has 0 amide bonds. The Morgan fingerprint density at radius 3 is 2.36 bits per heavy atom. The summed E-state index contributed by atoms with van der Waals surface area (Å²) in [6.07, 6.45) is 3.61. The molecule has 1 N–H and O–H groups in total. The Labute approximate surface area is 66.6 Å². The molecule has 0 aromatic carbocycles. The molecule has 2 rings (SSSR count). The number of fused-ring (bicyclic) bond motifs is 2. The van der Waals surface area contributed by atoms with Gasteiger partial charge in [0, 0.05) is 0 Å². The van der Waals surface area contributed by atoms with Crippen molar-refractivity contribution in [2.24, 2.45) is 23.7 Å². The van der Waals surface area contributed by atoms with Crippen LogP contribution in [0.5, 0.6) is 0 Å². The summed E-state index contributed by atoms with van der Waals surface area (Å²) in [5, 5.41) is 8.91. The van der Waals surface area contributed by atoms with E-state index in [0.29, 0.717) is 11.8 Å². The molecule has 2 aliphatic carbocycles. The maximum absolute atomic E-state index is 10.8. The molecule has 0 saturated heterocycles. The fraction of sp³-hybridized carbons (Fsp3) is 0.889. The maximum Gasteiger partial charge on any atom is 0.307 e. The third-order valence-electron chi connectivity index (χ3n) is 3.62. The van der Waals surface area contributed by atoms with Crippen molar-refractivity contribution in [2.45, 2.75) is 26.2 Å². The van der Waals surface area contributed by atoms with E-state index in [1.54, 1.807) is 0 Å². The standard InChI is InChI=1S/C9H14O2/c1-5-6-2-3-7(4-6)8(5)9(10)11/h5-8H,2-4H2,1H3,(H,10,11)/t5-,6+,7+,8+/m0/s1. The largest absolute Gasteiger partial charge is 0.481 e. The average molecular weight is 154 g/mol. The molecule has 0 unspecified atom stereocenters. The number of carboxylic acids is 1. The van der Waals surface area contributed by atoms with Crippen LogP contribution in [0, 0.1) is 23.7 Å². The fourth-order valence-corrected chi connectivity index (χ4v) is 3.01. The lowest BCUT2D eigenvalue weighted by Gasteiger charge is -2.24. The molecule has 11 heavy (non-hydrogen) atoms. The summed E-state index contributed by atoms with van der Waals surface area (Å²) in [4.78, 5) is 10.8. The first-order chi connectivity index (χ1) is 5.20. The maximum atomic E-state index is 10.8. The van der Waals surface area contributed by atoms with Gasteiger partial charge in [-0.1, -0.05) is 6.92 Å². The van der Waals surface area contributed by atoms with Crippen LogP contribution in [0.4, 0.5) is 0 Å². The van der Waals surface area contributed by atoms with Crippen LogP contribution in [0.15, 0.2) is 0 Å². The molecule has 2 heteroatoms. The lowest BCUT2D eigenvalue weighted by atomic mass is 9.81. The van der Waals surface area contributed by atoms with E-state index in [9.17, 15) is 4.79 Å². The van der Waals surface area contributed by atoms with E-state index in [1.165, 1.54) is 12.8 Å². The Morgan fingerprint density at radius 1 is 1.36 bits per heavy atom. The van der Waals surface area contributed by atoms with Crippen molar-refractivity contribution in [3.8, 4) is 0 Å². The van der Waals surface area contributed by atoms with Gasteiger partial charge in [-0.15, -0.1) is 0 Å². The molecule has 2 aliphatic rings. The van der Waals surface area contributed by atoms with Crippen molar-refractivity contribution >= 4 is 5.97 Å². The Morgan fingerprint density at radius 2 is 2.00 bits per heavy atom. The minimum Gasteiger partial charge on any atom is -0.481 e. The van der Waals surface area contributed by atoms with Crippen LogP contribution in [0.3, 0.4) is 0 Å². The minimum absolute atomic E-state index is 0.0197. The van der Waals surface area contributed by atoms with Crippen LogP contribution >= 0.6 is 0 Å². The van der Waals surface area contributed by atoms with Crippen LogP contribution in [0.2, 0.25) is 0 Å². The van der Waals surface area contributed by atoms with Crippen LogP contribution in [-0.4, -0.2) is 11.1 Å². The highest BCUT2D eigenvalue weighted by Crippen LogP contribution is 2.51. The first-order valence-corrected chi connectivity index (χ1v) is 4.43. The summed E-state index contributed by atoms with van der Waals surface area (Å²) in [7, 11) is 0. The Kier molecular flexibility index (Phi) is 1.44. The molecule has 0 radical (unpaired) electrons. The fourth-order valence-electron chi connectivity index (χ4n) is 3.01. The third-order valence-corrected chi connectivity index (χ3v) is 3.62. The van der Waals surface area contributed by atoms with Gasteiger partial charge in [-0.25, -0.2) is 0 Å². The molecule has 0 aliphatic heterocycles. The number of rotatable bonds is 1. The highest BCUT2D eigenvalue weighted by atomic mass is 16.4. The van der Waals surface area contributed by atoms with Gasteiger partial charge in [-0.3, -0.25) is 4.79 Å². The summed E-state index contributed by atoms with van der Waals surface area (Å²) in [5.74, 6) is 1.08. The summed E-state index contributed by atoms with van der Waals surface area (Å²) < 4.78 is 0. The molecular formula is C9H14O2. The van der Waals surface area contributed by atoms with E-state index < -0.39 is 5.97 Å². The van der Waals surface area contributed by atoms with Crippen molar-refractivity contribution in [2.75, 3.05) is 0 Å². The van der Waals surface area contributed by atoms with Gasteiger partial charge in [0.2, 0.25) is 0 Å². The number of carboxylic acid groups (broad SMARTS) is 1. The van der Waals surface area contributed by atoms with Gasteiger partial charge in [0.1, 0.15) is 0 Å². The highest BCUT2D eigenvalue weighted by molar-refractivity contribution is 5.71. The monoisotopic (exact) mass is 154 g/mol. The summed E-state index contributed by atoms with van der Waals surface area (Å²) >= 11 is 0. The van der Waals surface area contributed by atoms with Crippen molar-refractivity contribution in [1.29, 1.82) is 0 Å². The molecular weight excluding hydrogens is 140 g/mol. The van der Waals surface area contributed by atoms with Gasteiger partial charge in [0.25, 0.3) is 0 Å². The number of hydrogen-bond donors (Lipinski definition) is 1. The molecule has 2 nitrogen and oxygen atoms in total. The lowest BCUT2D eigenvalue weighted by molar-refractivity contribution is -0.145. The molecule has 0 aromatic rings. The second kappa shape index (κ2) is 2.23. The Bertz CT molecular complexity index is 186. The van der Waals surface area contributed by atoms with Gasteiger partial charge >= 0.3 is 5.97 Å². The molecule has 4 atom stereocenters. The van der Waals surface area contributed by atoms with Crippen LogP contribution in [0.1, 0.15) is 26.2 Å². The molecule has 0 heterocycles. The molecule has 62 valence electrons. The van der Waals surface area contributed by atoms with Gasteiger partial charge < -0.3 is 5.11 Å². The van der Waals surface area contributed by atoms with E-state index in [1.807, 2.05) is 0 Å². The number of aliphatic carboxylic acids is 1. The average Bonchev–Trinajstić information content (AvgIpc) is 2.44. The smallest absolute Gasteiger partial charge is 0.307 e. The van der Waals surface area contributed by atoms with Gasteiger partial charge in [0.15, 0.2) is 0 Å². The number of hydrogen-bond acceptors (Lipinski definition) is 1. The summed E-state index contributed by atoms with van der Waals surface area (Å²) in [6.45, 7) is 2.10. The van der Waals surface area contributed by atoms with Gasteiger partial charge in [-0.2, -0.15) is 0 Å². The van der Waals surface area contributed by atoms with E-state index in [0.717, 1.165) is 12.3 Å². The summed E-state index contributed by atoms with van der Waals surface area (Å²) in [5.41, 5.74) is 0. The molecule has 0 spiro atoms. The SMILES string of the molecule is C[C@H]1[C@@H]2CC[C@H](C2)[C@@H]1C(=O)O. The molecule has 2 saturated carbocycles. The first kappa shape index (κ1) is 7.14. The molecule has 0 aromatic heterocycles. The van der Waals surface area contributed by atoms with Gasteiger partial charge in [-0.05, 0) is 37.0 Å². The van der Waals surface area contributed by atoms with E-state index in [4.69, 9.17) is 5.11 Å². The van der Waals surface area contributed by atoms with E-state index in [-0.39, 0.29) is 5.92 Å². The van der Waals surface area contributed by atoms with Crippen molar-refractivity contribution in [1.82, 2.24) is 0 Å². The quantitative estimate of drug-likeness (QED) is 0.624. The van der Waals surface area contributed by atoms with Crippen LogP contribution in [-0.2, 0) is 4.79 Å². The second-order valence-corrected chi connectivity index (χ2v) is 4.06. The van der Waals surface area contributed by atoms with Crippen molar-refractivity contribution in [3.63, 3.8) is 0 Å². The van der Waals surface area contributed by atoms with Crippen molar-refractivity contribution < 1.29 is 9.90 Å².